The summed E-state index contributed by atoms with van der Waals surface area (Å²) in [4.78, 5) is 15.5. The van der Waals surface area contributed by atoms with E-state index in [1.54, 1.807) is 40.5 Å². The number of piperazine rings is 1. The first-order valence-corrected chi connectivity index (χ1v) is 13.0. The summed E-state index contributed by atoms with van der Waals surface area (Å²) in [5.41, 5.74) is 0.953. The Balaban J connectivity index is 1.39. The van der Waals surface area contributed by atoms with Crippen LogP contribution in [0.15, 0.2) is 70.9 Å². The molecule has 2 aromatic carbocycles. The summed E-state index contributed by atoms with van der Waals surface area (Å²) in [6.07, 6.45) is 0. The van der Waals surface area contributed by atoms with Crippen molar-refractivity contribution in [1.82, 2.24) is 14.5 Å². The molecule has 4 rings (SSSR count). The molecule has 1 saturated heterocycles. The molecule has 1 aliphatic heterocycles. The summed E-state index contributed by atoms with van der Waals surface area (Å²) in [5, 5.41) is 14.5. The van der Waals surface area contributed by atoms with Crippen LogP contribution in [0.4, 0.5) is 4.39 Å². The summed E-state index contributed by atoms with van der Waals surface area (Å²) in [5.74, 6) is -0.465. The number of hydrogen-bond acceptors (Lipinski definition) is 6. The highest BCUT2D eigenvalue weighted by atomic mass is 32.2. The van der Waals surface area contributed by atoms with Crippen LogP contribution in [0.1, 0.15) is 22.0 Å². The third-order valence-corrected chi connectivity index (χ3v) is 8.60. The Morgan fingerprint density at radius 3 is 2.41 bits per heavy atom. The van der Waals surface area contributed by atoms with Crippen molar-refractivity contribution < 1.29 is 17.6 Å². The van der Waals surface area contributed by atoms with Gasteiger partial charge >= 0.3 is 0 Å². The summed E-state index contributed by atoms with van der Waals surface area (Å²) in [6, 6.07) is 17.8. The van der Waals surface area contributed by atoms with Crippen molar-refractivity contribution in [3.05, 3.63) is 87.9 Å². The summed E-state index contributed by atoms with van der Waals surface area (Å²) in [6.45, 7) is 0.883. The zero-order chi connectivity index (χ0) is 24.1. The predicted octanol–water partition coefficient (Wildman–Crippen LogP) is 2.97. The molecule has 2 heterocycles. The first-order chi connectivity index (χ1) is 16.4. The van der Waals surface area contributed by atoms with E-state index in [0.29, 0.717) is 0 Å². The molecule has 0 saturated carbocycles. The van der Waals surface area contributed by atoms with Gasteiger partial charge in [0, 0.05) is 31.1 Å². The number of thiophene rings is 1. The van der Waals surface area contributed by atoms with Crippen molar-refractivity contribution in [3.63, 3.8) is 0 Å². The van der Waals surface area contributed by atoms with E-state index < -0.39 is 10.0 Å². The van der Waals surface area contributed by atoms with E-state index in [4.69, 9.17) is 0 Å². The van der Waals surface area contributed by atoms with Crippen LogP contribution in [-0.4, -0.2) is 56.3 Å². The Morgan fingerprint density at radius 2 is 1.76 bits per heavy atom. The number of hydrogen-bond donors (Lipinski definition) is 1. The Kier molecular flexibility index (Phi) is 7.38. The lowest BCUT2D eigenvalue weighted by Gasteiger charge is -2.34. The average Bonchev–Trinajstić information content (AvgIpc) is 3.40. The number of nitrogens with zero attached hydrogens (tertiary/aromatic N) is 3. The molecule has 1 N–H and O–H groups in total. The molecule has 10 heteroatoms. The van der Waals surface area contributed by atoms with E-state index in [1.807, 2.05) is 23.6 Å². The zero-order valence-corrected chi connectivity index (χ0v) is 19.9. The predicted molar refractivity (Wildman–Crippen MR) is 127 cm³/mol. The quantitative estimate of drug-likeness (QED) is 0.541. The van der Waals surface area contributed by atoms with Crippen molar-refractivity contribution in [2.45, 2.75) is 10.9 Å². The number of nitriles is 1. The lowest BCUT2D eigenvalue weighted by Crippen LogP contribution is -2.52. The third-order valence-electron chi connectivity index (χ3n) is 5.71. The molecular weight excluding hydrogens is 475 g/mol. The van der Waals surface area contributed by atoms with E-state index >= 15 is 0 Å². The molecule has 0 spiro atoms. The number of nitrogens with one attached hydrogen (secondary N) is 1. The fourth-order valence-electron chi connectivity index (χ4n) is 3.90. The van der Waals surface area contributed by atoms with Gasteiger partial charge in [0.05, 0.1) is 23.0 Å². The molecule has 176 valence electrons. The molecule has 0 radical (unpaired) electrons. The Morgan fingerprint density at radius 1 is 1.06 bits per heavy atom. The first-order valence-electron chi connectivity index (χ1n) is 10.7. The lowest BCUT2D eigenvalue weighted by molar-refractivity contribution is -0.131. The highest BCUT2D eigenvalue weighted by Crippen LogP contribution is 2.26. The lowest BCUT2D eigenvalue weighted by atomic mass is 10.1. The molecule has 1 amide bonds. The van der Waals surface area contributed by atoms with Gasteiger partial charge in [-0.3, -0.25) is 10.1 Å². The number of halogens is 1. The molecule has 34 heavy (non-hydrogen) atoms. The van der Waals surface area contributed by atoms with Crippen LogP contribution < -0.4 is 5.32 Å². The van der Waals surface area contributed by atoms with Crippen LogP contribution in [0.5, 0.6) is 0 Å². The average molecular weight is 499 g/mol. The molecule has 1 unspecified atom stereocenters. The SMILES string of the molecule is N#Cc1ccccc1S(=O)(=O)N1CCN(C(=O)CNC(c2ccc(F)cc2)c2cccs2)CC1. The smallest absolute Gasteiger partial charge is 0.244 e. The molecule has 1 atom stereocenters. The molecule has 0 aliphatic carbocycles. The van der Waals surface area contributed by atoms with Crippen LogP contribution in [-0.2, 0) is 14.8 Å². The van der Waals surface area contributed by atoms with Crippen LogP contribution in [0.25, 0.3) is 0 Å². The summed E-state index contributed by atoms with van der Waals surface area (Å²) < 4.78 is 40.7. The number of carbonyl (C=O) groups is 1. The number of rotatable bonds is 7. The maximum absolute atomic E-state index is 13.4. The van der Waals surface area contributed by atoms with Gasteiger partial charge in [0.1, 0.15) is 11.9 Å². The number of benzene rings is 2. The molecule has 7 nitrogen and oxygen atoms in total. The number of carbonyl (C=O) groups excluding carboxylic acids is 1. The van der Waals surface area contributed by atoms with Crippen LogP contribution in [0.2, 0.25) is 0 Å². The second kappa shape index (κ2) is 10.4. The second-order valence-electron chi connectivity index (χ2n) is 7.77. The van der Waals surface area contributed by atoms with Gasteiger partial charge in [0.15, 0.2) is 0 Å². The van der Waals surface area contributed by atoms with Gasteiger partial charge in [0.2, 0.25) is 15.9 Å². The highest BCUT2D eigenvalue weighted by molar-refractivity contribution is 7.89. The van der Waals surface area contributed by atoms with Crippen molar-refractivity contribution in [2.75, 3.05) is 32.7 Å². The second-order valence-corrected chi connectivity index (χ2v) is 10.7. The normalized spacial score (nSPS) is 15.6. The Bertz CT molecular complexity index is 1280. The van der Waals surface area contributed by atoms with Gasteiger partial charge in [-0.2, -0.15) is 9.57 Å². The van der Waals surface area contributed by atoms with E-state index in [1.165, 1.54) is 28.6 Å². The topological polar surface area (TPSA) is 93.5 Å². The molecule has 1 fully saturated rings. The minimum absolute atomic E-state index is 0.0166. The van der Waals surface area contributed by atoms with E-state index in [9.17, 15) is 22.9 Å². The Hall–Kier alpha value is -3.10. The van der Waals surface area contributed by atoms with Gasteiger partial charge in [0.25, 0.3) is 0 Å². The number of sulfonamides is 1. The monoisotopic (exact) mass is 498 g/mol. The van der Waals surface area contributed by atoms with Crippen molar-refractivity contribution in [1.29, 1.82) is 5.26 Å². The number of amides is 1. The molecule has 0 bridgehead atoms. The first kappa shape index (κ1) is 24.0. The minimum Gasteiger partial charge on any atom is -0.339 e. The fourth-order valence-corrected chi connectivity index (χ4v) is 6.29. The maximum atomic E-state index is 13.4. The Labute approximate surface area is 202 Å². The third kappa shape index (κ3) is 5.18. The van der Waals surface area contributed by atoms with Gasteiger partial charge in [-0.1, -0.05) is 30.3 Å². The van der Waals surface area contributed by atoms with Crippen LogP contribution in [0, 0.1) is 17.1 Å². The van der Waals surface area contributed by atoms with Crippen LogP contribution in [0.3, 0.4) is 0 Å². The van der Waals surface area contributed by atoms with E-state index in [2.05, 4.69) is 5.32 Å². The molecular formula is C24H23FN4O3S2. The maximum Gasteiger partial charge on any atom is 0.244 e. The van der Waals surface area contributed by atoms with Crippen molar-refractivity contribution in [3.8, 4) is 6.07 Å². The van der Waals surface area contributed by atoms with Crippen molar-refractivity contribution >= 4 is 27.3 Å². The highest BCUT2D eigenvalue weighted by Gasteiger charge is 2.31. The summed E-state index contributed by atoms with van der Waals surface area (Å²) in [7, 11) is -3.82. The van der Waals surface area contributed by atoms with Gasteiger partial charge < -0.3 is 4.90 Å². The molecule has 1 aliphatic rings. The van der Waals surface area contributed by atoms with Gasteiger partial charge in [-0.05, 0) is 41.3 Å². The summed E-state index contributed by atoms with van der Waals surface area (Å²) >= 11 is 1.54. The van der Waals surface area contributed by atoms with Gasteiger partial charge in [-0.25, -0.2) is 12.8 Å². The fraction of sp³-hybridized carbons (Fsp3) is 0.250. The largest absolute Gasteiger partial charge is 0.339 e. The van der Waals surface area contributed by atoms with E-state index in [0.717, 1.165) is 10.4 Å². The minimum atomic E-state index is -3.82. The van der Waals surface area contributed by atoms with Gasteiger partial charge in [-0.15, -0.1) is 11.3 Å². The van der Waals surface area contributed by atoms with Crippen LogP contribution >= 0.6 is 11.3 Å². The molecule has 1 aromatic heterocycles. The standard InChI is InChI=1S/C24H23FN4O3S2/c25-20-9-7-18(8-10-20)24(21-5-3-15-33-21)27-17-23(30)28-11-13-29(14-12-28)34(31,32)22-6-2-1-4-19(22)16-26/h1-10,15,24,27H,11-14,17H2. The van der Waals surface area contributed by atoms with E-state index in [-0.39, 0.29) is 60.9 Å². The molecule has 3 aromatic rings. The van der Waals surface area contributed by atoms with Crippen molar-refractivity contribution in [2.24, 2.45) is 0 Å². The zero-order valence-electron chi connectivity index (χ0n) is 18.2.